The summed E-state index contributed by atoms with van der Waals surface area (Å²) in [6.07, 6.45) is 0. The van der Waals surface area contributed by atoms with Crippen LogP contribution in [0.5, 0.6) is 0 Å². The Labute approximate surface area is 140 Å². The number of hydrogen-bond donors (Lipinski definition) is 1. The first-order chi connectivity index (χ1) is 10.8. The first kappa shape index (κ1) is 23.7. The number of carbonyl (C=O) groups is 1. The van der Waals surface area contributed by atoms with Crippen LogP contribution < -0.4 is 5.32 Å². The number of nitrogens with one attached hydrogen (secondary N) is 1. The molecule has 0 rings (SSSR count). The lowest BCUT2D eigenvalue weighted by Gasteiger charge is -2.30. The van der Waals surface area contributed by atoms with Gasteiger partial charge in [0.1, 0.15) is 0 Å². The Morgan fingerprint density at radius 1 is 0.920 bits per heavy atom. The number of amides is 1. The van der Waals surface area contributed by atoms with E-state index in [-0.39, 0.29) is 5.57 Å². The largest absolute Gasteiger partial charge is 0.498 e. The third-order valence-electron chi connectivity index (χ3n) is 3.22. The highest BCUT2D eigenvalue weighted by molar-refractivity contribution is 8.09. The average molecular weight is 419 g/mol. The van der Waals surface area contributed by atoms with Crippen LogP contribution in [0.2, 0.25) is 0 Å². The van der Waals surface area contributed by atoms with Crippen LogP contribution in [0.4, 0.5) is 26.3 Å². The Kier molecular flexibility index (Phi) is 6.76. The highest BCUT2D eigenvalue weighted by atomic mass is 32.3. The summed E-state index contributed by atoms with van der Waals surface area (Å²) in [4.78, 5) is 11.4. The van der Waals surface area contributed by atoms with Gasteiger partial charge in [0.05, 0.1) is 0 Å². The average Bonchev–Trinajstić information content (AvgIpc) is 2.34. The third-order valence-corrected chi connectivity index (χ3v) is 8.11. The molecule has 0 aliphatic rings. The van der Waals surface area contributed by atoms with Crippen LogP contribution in [0.15, 0.2) is 12.2 Å². The fourth-order valence-corrected chi connectivity index (χ4v) is 5.81. The normalized spacial score (nSPS) is 16.4. The van der Waals surface area contributed by atoms with Crippen LogP contribution in [0, 0.1) is 5.92 Å². The molecule has 1 N–H and O–H groups in total. The van der Waals surface area contributed by atoms with Crippen LogP contribution >= 0.6 is 0 Å². The van der Waals surface area contributed by atoms with E-state index in [4.69, 9.17) is 0 Å². The Balaban J connectivity index is 6.29. The van der Waals surface area contributed by atoms with E-state index in [9.17, 15) is 48.0 Å². The van der Waals surface area contributed by atoms with Crippen molar-refractivity contribution in [2.24, 2.45) is 5.92 Å². The van der Waals surface area contributed by atoms with Crippen molar-refractivity contribution in [1.82, 2.24) is 5.32 Å². The zero-order valence-electron chi connectivity index (χ0n) is 13.1. The number of carbonyl (C=O) groups excluding carboxylic acids is 1. The minimum Gasteiger partial charge on any atom is -0.350 e. The lowest BCUT2D eigenvalue weighted by atomic mass is 10.1. The van der Waals surface area contributed by atoms with Gasteiger partial charge in [0.2, 0.25) is 5.91 Å². The fraction of sp³-hybridized carbons (Fsp3) is 0.727. The number of hydrogen-bond acceptors (Lipinski definition) is 5. The van der Waals surface area contributed by atoms with Gasteiger partial charge < -0.3 is 5.32 Å². The van der Waals surface area contributed by atoms with Crippen LogP contribution in [0.1, 0.15) is 20.8 Å². The van der Waals surface area contributed by atoms with Crippen molar-refractivity contribution in [3.05, 3.63) is 12.2 Å². The van der Waals surface area contributed by atoms with Crippen molar-refractivity contribution in [3.8, 4) is 0 Å². The predicted octanol–water partition coefficient (Wildman–Crippen LogP) is 1.90. The van der Waals surface area contributed by atoms with E-state index in [1.54, 1.807) is 0 Å². The van der Waals surface area contributed by atoms with E-state index in [0.717, 1.165) is 6.92 Å². The molecule has 6 nitrogen and oxygen atoms in total. The van der Waals surface area contributed by atoms with E-state index in [1.807, 2.05) is 5.32 Å². The summed E-state index contributed by atoms with van der Waals surface area (Å²) in [6, 6.07) is -1.66. The van der Waals surface area contributed by atoms with Crippen LogP contribution in [-0.4, -0.2) is 44.4 Å². The lowest BCUT2D eigenvalue weighted by Crippen LogP contribution is -2.53. The van der Waals surface area contributed by atoms with Gasteiger partial charge >= 0.3 is 11.0 Å². The quantitative estimate of drug-likeness (QED) is 0.524. The molecule has 0 radical (unpaired) electrons. The number of alkyl halides is 6. The Morgan fingerprint density at radius 3 is 1.48 bits per heavy atom. The van der Waals surface area contributed by atoms with Crippen LogP contribution in [-0.2, 0) is 24.5 Å². The monoisotopic (exact) mass is 419 g/mol. The minimum absolute atomic E-state index is 0.173. The second kappa shape index (κ2) is 7.13. The third kappa shape index (κ3) is 4.86. The van der Waals surface area contributed by atoms with Crippen LogP contribution in [0.3, 0.4) is 0 Å². The van der Waals surface area contributed by atoms with E-state index in [2.05, 4.69) is 6.58 Å². The molecule has 1 amide bonds. The molecule has 0 saturated heterocycles. The summed E-state index contributed by atoms with van der Waals surface area (Å²) < 4.78 is 118. The van der Waals surface area contributed by atoms with Crippen LogP contribution in [0.25, 0.3) is 0 Å². The van der Waals surface area contributed by atoms with E-state index in [1.165, 1.54) is 6.92 Å². The topological polar surface area (TPSA) is 97.4 Å². The molecule has 0 aromatic carbocycles. The number of halogens is 6. The highest BCUT2D eigenvalue weighted by Crippen LogP contribution is 2.40. The van der Waals surface area contributed by atoms with Crippen molar-refractivity contribution in [3.63, 3.8) is 0 Å². The summed E-state index contributed by atoms with van der Waals surface area (Å²) in [7, 11) is -13.5. The molecule has 0 fully saturated rings. The highest BCUT2D eigenvalue weighted by Gasteiger charge is 2.64. The molecule has 148 valence electrons. The molecule has 14 heteroatoms. The molecule has 0 heterocycles. The number of rotatable bonds is 6. The first-order valence-electron chi connectivity index (χ1n) is 6.35. The van der Waals surface area contributed by atoms with Gasteiger partial charge in [0, 0.05) is 17.5 Å². The van der Waals surface area contributed by atoms with E-state index < -0.39 is 53.1 Å². The smallest absolute Gasteiger partial charge is 0.350 e. The zero-order chi connectivity index (χ0) is 20.6. The molecule has 2 unspecified atom stereocenters. The molecule has 25 heavy (non-hydrogen) atoms. The zero-order valence-corrected chi connectivity index (χ0v) is 14.7. The standard InChI is InChI=1S/C11H15F6NO5S2/c1-5(2)8(19)18-7(4)6(3)9(24(20,21)10(12,13)14)25(22,23)11(15,16)17/h6-7,9H,1H2,2-4H3,(H,18,19). The molecule has 0 saturated carbocycles. The molecular formula is C11H15F6NO5S2. The van der Waals surface area contributed by atoms with Crippen molar-refractivity contribution in [2.75, 3.05) is 0 Å². The van der Waals surface area contributed by atoms with E-state index >= 15 is 0 Å². The van der Waals surface area contributed by atoms with Gasteiger partial charge in [-0.1, -0.05) is 13.5 Å². The minimum atomic E-state index is -6.76. The Morgan fingerprint density at radius 2 is 1.24 bits per heavy atom. The van der Waals surface area contributed by atoms with Gasteiger partial charge in [-0.3, -0.25) is 4.79 Å². The summed E-state index contributed by atoms with van der Waals surface area (Å²) in [5.74, 6) is -3.27. The molecular weight excluding hydrogens is 404 g/mol. The predicted molar refractivity (Wildman–Crippen MR) is 75.3 cm³/mol. The summed E-state index contributed by atoms with van der Waals surface area (Å²) in [5.41, 5.74) is -12.7. The summed E-state index contributed by atoms with van der Waals surface area (Å²) in [6.45, 7) is 5.76. The van der Waals surface area contributed by atoms with Gasteiger partial charge in [-0.25, -0.2) is 16.8 Å². The molecule has 0 aromatic rings. The maximum Gasteiger partial charge on any atom is 0.498 e. The molecule has 0 aromatic heterocycles. The van der Waals surface area contributed by atoms with Gasteiger partial charge in [-0.2, -0.15) is 26.3 Å². The molecule has 2 atom stereocenters. The summed E-state index contributed by atoms with van der Waals surface area (Å²) >= 11 is 0. The van der Waals surface area contributed by atoms with Gasteiger partial charge in [-0.15, -0.1) is 0 Å². The SMILES string of the molecule is C=C(C)C(=O)NC(C)C(C)C(S(=O)(=O)C(F)(F)F)S(=O)(=O)C(F)(F)F. The Hall–Kier alpha value is -1.31. The Bertz CT molecular complexity index is 694. The van der Waals surface area contributed by atoms with Crippen molar-refractivity contribution < 1.29 is 48.0 Å². The molecule has 0 aliphatic carbocycles. The van der Waals surface area contributed by atoms with Gasteiger partial charge in [0.25, 0.3) is 19.7 Å². The van der Waals surface area contributed by atoms with Gasteiger partial charge in [0.15, 0.2) is 4.58 Å². The molecule has 0 aliphatic heterocycles. The summed E-state index contributed by atoms with van der Waals surface area (Å²) in [5, 5.41) is 1.90. The van der Waals surface area contributed by atoms with Crippen molar-refractivity contribution in [2.45, 2.75) is 42.4 Å². The maximum absolute atomic E-state index is 12.7. The lowest BCUT2D eigenvalue weighted by molar-refractivity contribution is -0.118. The second-order valence-electron chi connectivity index (χ2n) is 5.25. The molecule has 0 spiro atoms. The van der Waals surface area contributed by atoms with Gasteiger partial charge in [-0.05, 0) is 13.8 Å². The fourth-order valence-electron chi connectivity index (χ4n) is 1.69. The molecule has 0 bridgehead atoms. The van der Waals surface area contributed by atoms with Crippen molar-refractivity contribution in [1.29, 1.82) is 0 Å². The number of sulfone groups is 2. The maximum atomic E-state index is 12.7. The van der Waals surface area contributed by atoms with E-state index in [0.29, 0.717) is 6.92 Å². The first-order valence-corrected chi connectivity index (χ1v) is 9.44. The second-order valence-corrected chi connectivity index (χ2v) is 9.67. The van der Waals surface area contributed by atoms with Crippen molar-refractivity contribution >= 4 is 25.6 Å².